The van der Waals surface area contributed by atoms with Crippen LogP contribution in [0.25, 0.3) is 0 Å². The summed E-state index contributed by atoms with van der Waals surface area (Å²) in [7, 11) is 0. The number of aromatic nitrogens is 1. The summed E-state index contributed by atoms with van der Waals surface area (Å²) in [5.74, 6) is -0.200. The third kappa shape index (κ3) is 3.44. The molecule has 27 heavy (non-hydrogen) atoms. The topological polar surface area (TPSA) is 122 Å². The fourth-order valence-corrected chi connectivity index (χ4v) is 3.40. The van der Waals surface area contributed by atoms with Gasteiger partial charge in [0.25, 0.3) is 11.2 Å². The molecule has 0 atom stereocenters. The maximum absolute atomic E-state index is 12.6. The second-order valence-electron chi connectivity index (χ2n) is 6.49. The first-order valence-corrected chi connectivity index (χ1v) is 8.60. The molecular weight excluding hydrogens is 348 g/mol. The van der Waals surface area contributed by atoms with Crippen molar-refractivity contribution in [2.24, 2.45) is 4.99 Å². The Kier molecular flexibility index (Phi) is 5.03. The normalized spacial score (nSPS) is 14.5. The minimum atomic E-state index is -0.500. The van der Waals surface area contributed by atoms with E-state index in [-0.39, 0.29) is 23.2 Å². The van der Waals surface area contributed by atoms with E-state index in [2.05, 4.69) is 4.99 Å². The average molecular weight is 366 g/mol. The Hall–Kier alpha value is -3.47. The molecule has 1 N–H and O–H groups in total. The molecule has 0 saturated heterocycles. The van der Waals surface area contributed by atoms with Crippen LogP contribution in [0.2, 0.25) is 0 Å². The highest BCUT2D eigenvalue weighted by atomic mass is 16.6. The van der Waals surface area contributed by atoms with Crippen molar-refractivity contribution in [1.82, 2.24) is 4.57 Å². The van der Waals surface area contributed by atoms with Gasteiger partial charge in [0.05, 0.1) is 16.2 Å². The molecule has 1 fully saturated rings. The Morgan fingerprint density at radius 3 is 2.52 bits per heavy atom. The quantitative estimate of drug-likeness (QED) is 0.504. The largest absolute Gasteiger partial charge is 0.494 e. The van der Waals surface area contributed by atoms with Crippen molar-refractivity contribution in [2.45, 2.75) is 38.6 Å². The van der Waals surface area contributed by atoms with Crippen LogP contribution in [0.3, 0.4) is 0 Å². The second kappa shape index (κ2) is 7.41. The third-order valence-corrected chi connectivity index (χ3v) is 4.89. The molecule has 0 bridgehead atoms. The van der Waals surface area contributed by atoms with Gasteiger partial charge in [-0.3, -0.25) is 24.5 Å². The number of aromatic hydroxyl groups is 1. The molecular formula is C19H18N4O4. The van der Waals surface area contributed by atoms with E-state index in [9.17, 15) is 25.3 Å². The van der Waals surface area contributed by atoms with Gasteiger partial charge in [-0.25, -0.2) is 0 Å². The first-order chi connectivity index (χ1) is 12.9. The molecule has 1 aliphatic carbocycles. The van der Waals surface area contributed by atoms with Gasteiger partial charge in [0.15, 0.2) is 0 Å². The van der Waals surface area contributed by atoms with E-state index >= 15 is 0 Å². The van der Waals surface area contributed by atoms with E-state index in [0.717, 1.165) is 25.7 Å². The third-order valence-electron chi connectivity index (χ3n) is 4.89. The molecule has 1 aliphatic rings. The van der Waals surface area contributed by atoms with Gasteiger partial charge in [-0.05, 0) is 37.5 Å². The van der Waals surface area contributed by atoms with E-state index in [1.165, 1.54) is 35.0 Å². The van der Waals surface area contributed by atoms with Crippen LogP contribution in [0.1, 0.15) is 48.4 Å². The van der Waals surface area contributed by atoms with Gasteiger partial charge in [-0.2, -0.15) is 5.26 Å². The van der Waals surface area contributed by atoms with Crippen molar-refractivity contribution in [1.29, 1.82) is 5.26 Å². The van der Waals surface area contributed by atoms with E-state index in [0.29, 0.717) is 16.8 Å². The van der Waals surface area contributed by atoms with Crippen LogP contribution >= 0.6 is 0 Å². The van der Waals surface area contributed by atoms with Crippen LogP contribution in [-0.2, 0) is 0 Å². The highest BCUT2D eigenvalue weighted by molar-refractivity contribution is 5.87. The van der Waals surface area contributed by atoms with Gasteiger partial charge in [-0.15, -0.1) is 0 Å². The maximum atomic E-state index is 12.6. The molecule has 0 unspecified atom stereocenters. The van der Waals surface area contributed by atoms with E-state index in [4.69, 9.17) is 0 Å². The summed E-state index contributed by atoms with van der Waals surface area (Å²) in [5, 5.41) is 30.8. The molecule has 3 rings (SSSR count). The van der Waals surface area contributed by atoms with Crippen LogP contribution in [0.4, 0.5) is 11.4 Å². The summed E-state index contributed by atoms with van der Waals surface area (Å²) in [5.41, 5.74) is 0.582. The Morgan fingerprint density at radius 2 is 1.96 bits per heavy atom. The molecule has 1 aromatic carbocycles. The molecule has 1 heterocycles. The highest BCUT2D eigenvalue weighted by Crippen LogP contribution is 2.33. The predicted molar refractivity (Wildman–Crippen MR) is 99.7 cm³/mol. The number of nitro benzene ring substituents is 1. The number of non-ortho nitro benzene ring substituents is 1. The number of hydrogen-bond donors (Lipinski definition) is 1. The molecule has 0 radical (unpaired) electrons. The molecule has 138 valence electrons. The Balaban J connectivity index is 2.06. The standard InChI is InChI=1S/C19H18N4O4/c1-12-16(10-20)18(24)22(14-4-2-3-5-14)19(25)17(12)11-21-13-6-8-15(9-7-13)23(26)27/h6-9,11,14,25H,2-5H2,1H3. The fraction of sp³-hybridized carbons (Fsp3) is 0.316. The summed E-state index contributed by atoms with van der Waals surface area (Å²) in [6.45, 7) is 1.59. The lowest BCUT2D eigenvalue weighted by atomic mass is 10.0. The summed E-state index contributed by atoms with van der Waals surface area (Å²) in [6.07, 6.45) is 4.88. The van der Waals surface area contributed by atoms with Crippen molar-refractivity contribution < 1.29 is 10.0 Å². The maximum Gasteiger partial charge on any atom is 0.271 e. The van der Waals surface area contributed by atoms with E-state index in [1.54, 1.807) is 6.92 Å². The number of nitriles is 1. The van der Waals surface area contributed by atoms with Gasteiger partial charge < -0.3 is 5.11 Å². The molecule has 1 saturated carbocycles. The second-order valence-corrected chi connectivity index (χ2v) is 6.49. The molecule has 0 amide bonds. The number of benzene rings is 1. The molecule has 0 spiro atoms. The monoisotopic (exact) mass is 366 g/mol. The summed E-state index contributed by atoms with van der Waals surface area (Å²) in [4.78, 5) is 27.1. The number of nitrogens with zero attached hydrogens (tertiary/aromatic N) is 4. The van der Waals surface area contributed by atoms with Gasteiger partial charge in [-0.1, -0.05) is 12.8 Å². The number of nitro groups is 1. The first kappa shape index (κ1) is 18.3. The van der Waals surface area contributed by atoms with Gasteiger partial charge in [0, 0.05) is 24.4 Å². The zero-order chi connectivity index (χ0) is 19.6. The zero-order valence-electron chi connectivity index (χ0n) is 14.8. The van der Waals surface area contributed by atoms with Crippen molar-refractivity contribution in [3.8, 4) is 11.9 Å². The number of aliphatic imine (C=N–C) groups is 1. The minimum Gasteiger partial charge on any atom is -0.494 e. The van der Waals surface area contributed by atoms with Crippen LogP contribution in [0.15, 0.2) is 34.1 Å². The molecule has 8 nitrogen and oxygen atoms in total. The smallest absolute Gasteiger partial charge is 0.271 e. The van der Waals surface area contributed by atoms with Crippen LogP contribution in [0, 0.1) is 28.4 Å². The minimum absolute atomic E-state index is 0.00940. The van der Waals surface area contributed by atoms with E-state index in [1.807, 2.05) is 6.07 Å². The lowest BCUT2D eigenvalue weighted by Crippen LogP contribution is -2.28. The molecule has 8 heteroatoms. The number of pyridine rings is 1. The van der Waals surface area contributed by atoms with Crippen LogP contribution in [-0.4, -0.2) is 20.8 Å². The van der Waals surface area contributed by atoms with Gasteiger partial charge in [0.1, 0.15) is 11.6 Å². The summed E-state index contributed by atoms with van der Waals surface area (Å²) < 4.78 is 1.30. The first-order valence-electron chi connectivity index (χ1n) is 8.60. The van der Waals surface area contributed by atoms with Crippen LogP contribution in [0.5, 0.6) is 5.88 Å². The summed E-state index contributed by atoms with van der Waals surface area (Å²) in [6, 6.07) is 7.44. The predicted octanol–water partition coefficient (Wildman–Crippen LogP) is 3.51. The Morgan fingerprint density at radius 1 is 1.33 bits per heavy atom. The van der Waals surface area contributed by atoms with Crippen molar-refractivity contribution in [2.75, 3.05) is 0 Å². The van der Waals surface area contributed by atoms with Crippen molar-refractivity contribution >= 4 is 17.6 Å². The number of rotatable bonds is 4. The highest BCUT2D eigenvalue weighted by Gasteiger charge is 2.25. The van der Waals surface area contributed by atoms with E-state index < -0.39 is 10.5 Å². The Labute approximate surface area is 155 Å². The number of hydrogen-bond acceptors (Lipinski definition) is 6. The van der Waals surface area contributed by atoms with Crippen molar-refractivity contribution in [3.63, 3.8) is 0 Å². The SMILES string of the molecule is Cc1c(C=Nc2ccc([N+](=O)[O-])cc2)c(O)n(C2CCCC2)c(=O)c1C#N. The molecule has 1 aromatic heterocycles. The molecule has 0 aliphatic heterocycles. The Bertz CT molecular complexity index is 1010. The fourth-order valence-electron chi connectivity index (χ4n) is 3.40. The van der Waals surface area contributed by atoms with Gasteiger partial charge >= 0.3 is 0 Å². The lowest BCUT2D eigenvalue weighted by molar-refractivity contribution is -0.384. The van der Waals surface area contributed by atoms with Crippen LogP contribution < -0.4 is 5.56 Å². The summed E-state index contributed by atoms with van der Waals surface area (Å²) >= 11 is 0. The zero-order valence-corrected chi connectivity index (χ0v) is 14.8. The van der Waals surface area contributed by atoms with Gasteiger partial charge in [0.2, 0.25) is 5.88 Å². The molecule has 2 aromatic rings. The van der Waals surface area contributed by atoms with Crippen molar-refractivity contribution in [3.05, 3.63) is 61.4 Å². The average Bonchev–Trinajstić information content (AvgIpc) is 3.16. The lowest BCUT2D eigenvalue weighted by Gasteiger charge is -2.19.